The van der Waals surface area contributed by atoms with Gasteiger partial charge < -0.3 is 13.7 Å². The van der Waals surface area contributed by atoms with Crippen molar-refractivity contribution in [1.29, 1.82) is 0 Å². The zero-order valence-corrected chi connectivity index (χ0v) is 26.5. The van der Waals surface area contributed by atoms with E-state index in [1.807, 2.05) is 12.1 Å². The molecule has 2 heterocycles. The minimum atomic E-state index is 0.874. The molecule has 0 unspecified atom stereocenters. The number of hydrogen-bond donors (Lipinski definition) is 0. The second-order valence-electron chi connectivity index (χ2n) is 12.5. The van der Waals surface area contributed by atoms with E-state index < -0.39 is 0 Å². The molecule has 0 fully saturated rings. The van der Waals surface area contributed by atoms with Gasteiger partial charge in [-0.15, -0.1) is 0 Å². The van der Waals surface area contributed by atoms with Crippen LogP contribution < -0.4 is 4.90 Å². The summed E-state index contributed by atoms with van der Waals surface area (Å²) < 4.78 is 12.6. The molecule has 0 bridgehead atoms. The van der Waals surface area contributed by atoms with Crippen LogP contribution in [0.3, 0.4) is 0 Å². The summed E-state index contributed by atoms with van der Waals surface area (Å²) in [6.07, 6.45) is 0. The van der Waals surface area contributed by atoms with Crippen LogP contribution in [0, 0.1) is 0 Å². The summed E-state index contributed by atoms with van der Waals surface area (Å²) >= 11 is 0. The fourth-order valence-electron chi connectivity index (χ4n) is 7.33. The Kier molecular flexibility index (Phi) is 6.18. The van der Waals surface area contributed by atoms with Crippen molar-refractivity contribution in [2.45, 2.75) is 0 Å². The Hall–Kier alpha value is -6.58. The van der Waals surface area contributed by atoms with Crippen LogP contribution in [0.15, 0.2) is 185 Å². The molecule has 0 spiro atoms. The molecule has 8 aromatic carbocycles. The Bertz CT molecular complexity index is 2840. The van der Waals surface area contributed by atoms with Crippen molar-refractivity contribution in [3.05, 3.63) is 176 Å². The number of para-hydroxylation sites is 3. The first kappa shape index (κ1) is 27.5. The lowest BCUT2D eigenvalue weighted by Gasteiger charge is -2.30. The number of hydrogen-bond acceptors (Lipinski definition) is 3. The van der Waals surface area contributed by atoms with Crippen molar-refractivity contribution in [2.75, 3.05) is 4.90 Å². The number of fused-ring (bicyclic) bond motifs is 7. The van der Waals surface area contributed by atoms with Crippen LogP contribution in [0.4, 0.5) is 17.1 Å². The van der Waals surface area contributed by atoms with Crippen molar-refractivity contribution in [3.8, 4) is 22.3 Å². The molecule has 0 aliphatic rings. The molecule has 0 saturated heterocycles. The maximum absolute atomic E-state index is 6.38. The first-order valence-electron chi connectivity index (χ1n) is 16.6. The quantitative estimate of drug-likeness (QED) is 0.190. The molecular formula is C46H29NO2. The first-order chi connectivity index (χ1) is 24.3. The number of anilines is 3. The third kappa shape index (κ3) is 4.51. The summed E-state index contributed by atoms with van der Waals surface area (Å²) in [6.45, 7) is 0. The summed E-state index contributed by atoms with van der Waals surface area (Å²) in [4.78, 5) is 2.39. The predicted molar refractivity (Wildman–Crippen MR) is 204 cm³/mol. The molecule has 0 N–H and O–H groups in total. The fourth-order valence-corrected chi connectivity index (χ4v) is 7.33. The molecule has 2 aromatic heterocycles. The minimum Gasteiger partial charge on any atom is -0.456 e. The van der Waals surface area contributed by atoms with Crippen molar-refractivity contribution < 1.29 is 8.83 Å². The minimum absolute atomic E-state index is 0.874. The fraction of sp³-hybridized carbons (Fsp3) is 0. The molecule has 0 radical (unpaired) electrons. The monoisotopic (exact) mass is 627 g/mol. The average Bonchev–Trinajstić information content (AvgIpc) is 3.72. The molecule has 0 atom stereocenters. The van der Waals surface area contributed by atoms with Gasteiger partial charge in [0.25, 0.3) is 0 Å². The Morgan fingerprint density at radius 3 is 1.67 bits per heavy atom. The van der Waals surface area contributed by atoms with Gasteiger partial charge in [0.2, 0.25) is 0 Å². The van der Waals surface area contributed by atoms with Crippen molar-refractivity contribution in [2.24, 2.45) is 0 Å². The van der Waals surface area contributed by atoms with E-state index in [4.69, 9.17) is 8.83 Å². The summed E-state index contributed by atoms with van der Waals surface area (Å²) in [6, 6.07) is 62.2. The smallest absolute Gasteiger partial charge is 0.136 e. The van der Waals surface area contributed by atoms with E-state index in [1.165, 1.54) is 10.8 Å². The SMILES string of the molecule is c1ccc(-c2ccccc2N(c2ccc3oc4ccccc4c3c2)c2ccccc2-c2ccc3oc4cc5ccccc5cc4c3c2)cc1. The van der Waals surface area contributed by atoms with Gasteiger partial charge in [-0.25, -0.2) is 0 Å². The van der Waals surface area contributed by atoms with Crippen LogP contribution in [0.2, 0.25) is 0 Å². The lowest BCUT2D eigenvalue weighted by Crippen LogP contribution is -2.12. The van der Waals surface area contributed by atoms with Crippen LogP contribution >= 0.6 is 0 Å². The number of nitrogens with zero attached hydrogens (tertiary/aromatic N) is 1. The van der Waals surface area contributed by atoms with Crippen LogP contribution in [-0.4, -0.2) is 0 Å². The second kappa shape index (κ2) is 11.0. The van der Waals surface area contributed by atoms with Crippen LogP contribution in [0.5, 0.6) is 0 Å². The third-order valence-electron chi connectivity index (χ3n) is 9.64. The van der Waals surface area contributed by atoms with Gasteiger partial charge in [-0.3, -0.25) is 0 Å². The number of furan rings is 2. The van der Waals surface area contributed by atoms with Gasteiger partial charge in [-0.05, 0) is 82.6 Å². The van der Waals surface area contributed by atoms with Crippen LogP contribution in [-0.2, 0) is 0 Å². The Labute approximate surface area is 282 Å². The molecule has 49 heavy (non-hydrogen) atoms. The van der Waals surface area contributed by atoms with Crippen LogP contribution in [0.25, 0.3) is 76.9 Å². The molecular weight excluding hydrogens is 599 g/mol. The molecule has 0 aliphatic carbocycles. The highest BCUT2D eigenvalue weighted by Crippen LogP contribution is 2.46. The normalized spacial score (nSPS) is 11.7. The van der Waals surface area contributed by atoms with Crippen molar-refractivity contribution in [3.63, 3.8) is 0 Å². The highest BCUT2D eigenvalue weighted by Gasteiger charge is 2.22. The lowest BCUT2D eigenvalue weighted by molar-refractivity contribution is 0.669. The Morgan fingerprint density at radius 1 is 0.327 bits per heavy atom. The molecule has 3 nitrogen and oxygen atoms in total. The molecule has 10 aromatic rings. The predicted octanol–water partition coefficient (Wildman–Crippen LogP) is 13.4. The van der Waals surface area contributed by atoms with Gasteiger partial charge in [0.15, 0.2) is 0 Å². The zero-order valence-electron chi connectivity index (χ0n) is 26.5. The van der Waals surface area contributed by atoms with E-state index in [9.17, 15) is 0 Å². The van der Waals surface area contributed by atoms with E-state index in [-0.39, 0.29) is 0 Å². The molecule has 0 amide bonds. The molecule has 3 heteroatoms. The summed E-state index contributed by atoms with van der Waals surface area (Å²) in [5.41, 5.74) is 11.3. The molecule has 0 saturated carbocycles. The van der Waals surface area contributed by atoms with E-state index in [0.717, 1.165) is 83.2 Å². The molecule has 230 valence electrons. The number of rotatable bonds is 5. The van der Waals surface area contributed by atoms with E-state index in [0.29, 0.717) is 0 Å². The van der Waals surface area contributed by atoms with Crippen molar-refractivity contribution >= 4 is 71.7 Å². The van der Waals surface area contributed by atoms with Gasteiger partial charge in [-0.1, -0.05) is 115 Å². The maximum atomic E-state index is 6.38. The van der Waals surface area contributed by atoms with E-state index in [1.54, 1.807) is 0 Å². The number of benzene rings is 8. The van der Waals surface area contributed by atoms with Gasteiger partial charge in [0.05, 0.1) is 11.4 Å². The topological polar surface area (TPSA) is 29.5 Å². The van der Waals surface area contributed by atoms with Gasteiger partial charge in [0.1, 0.15) is 22.3 Å². The van der Waals surface area contributed by atoms with E-state index >= 15 is 0 Å². The summed E-state index contributed by atoms with van der Waals surface area (Å²) in [5.74, 6) is 0. The largest absolute Gasteiger partial charge is 0.456 e. The average molecular weight is 628 g/mol. The summed E-state index contributed by atoms with van der Waals surface area (Å²) in [5, 5.41) is 6.80. The highest BCUT2D eigenvalue weighted by atomic mass is 16.3. The van der Waals surface area contributed by atoms with Gasteiger partial charge >= 0.3 is 0 Å². The second-order valence-corrected chi connectivity index (χ2v) is 12.5. The molecule has 0 aliphatic heterocycles. The lowest BCUT2D eigenvalue weighted by atomic mass is 9.97. The van der Waals surface area contributed by atoms with E-state index in [2.05, 4.69) is 169 Å². The molecule has 10 rings (SSSR count). The Morgan fingerprint density at radius 2 is 0.878 bits per heavy atom. The Balaban J connectivity index is 1.22. The van der Waals surface area contributed by atoms with Crippen LogP contribution in [0.1, 0.15) is 0 Å². The third-order valence-corrected chi connectivity index (χ3v) is 9.64. The maximum Gasteiger partial charge on any atom is 0.136 e. The zero-order chi connectivity index (χ0) is 32.3. The highest BCUT2D eigenvalue weighted by molar-refractivity contribution is 6.12. The standard InChI is InChI=1S/C46H29NO2/c1-2-12-30(13-3-1)35-16-6-9-19-41(35)47(34-23-25-45-40(29-34)37-18-8-11-21-43(37)48-45)42-20-10-7-17-36(42)33-22-24-44-38(27-33)39-26-31-14-4-5-15-32(31)28-46(39)49-44/h1-29H. The summed E-state index contributed by atoms with van der Waals surface area (Å²) in [7, 11) is 0. The van der Waals surface area contributed by atoms with Crippen molar-refractivity contribution in [1.82, 2.24) is 0 Å². The first-order valence-corrected chi connectivity index (χ1v) is 16.6. The van der Waals surface area contributed by atoms with Gasteiger partial charge in [0, 0.05) is 38.4 Å². The van der Waals surface area contributed by atoms with Gasteiger partial charge in [-0.2, -0.15) is 0 Å².